The molecule has 0 aromatic carbocycles. The number of nitrogens with zero attached hydrogens (tertiary/aromatic N) is 1. The Bertz CT molecular complexity index is 562. The Balaban J connectivity index is 1.87. The molecule has 0 bridgehead atoms. The number of amides is 1. The molecule has 1 amide bonds. The molecule has 7 heteroatoms. The molecule has 1 atom stereocenters. The van der Waals surface area contributed by atoms with Crippen LogP contribution in [0.25, 0.3) is 0 Å². The quantitative estimate of drug-likeness (QED) is 0.890. The topological polar surface area (TPSA) is 89.3 Å². The summed E-state index contributed by atoms with van der Waals surface area (Å²) in [6.45, 7) is 4.28. The second-order valence-corrected chi connectivity index (χ2v) is 7.48. The Kier molecular flexibility index (Phi) is 3.93. The van der Waals surface area contributed by atoms with Gasteiger partial charge in [0.2, 0.25) is 5.76 Å². The lowest BCUT2D eigenvalue weighted by molar-refractivity contribution is 0.0911. The van der Waals surface area contributed by atoms with Crippen molar-refractivity contribution in [3.05, 3.63) is 17.5 Å². The van der Waals surface area contributed by atoms with Crippen LogP contribution in [0.4, 0.5) is 0 Å². The number of hydrogen-bond acceptors (Lipinski definition) is 5. The number of carbonyl (C=O) groups is 1. The van der Waals surface area contributed by atoms with E-state index in [0.717, 1.165) is 5.69 Å². The molecule has 6 nitrogen and oxygen atoms in total. The average Bonchev–Trinajstić information content (AvgIpc) is 2.92. The lowest BCUT2D eigenvalue weighted by atomic mass is 10.1. The molecule has 1 N–H and O–H groups in total. The molecule has 0 unspecified atom stereocenters. The minimum Gasteiger partial charge on any atom is -0.351 e. The fourth-order valence-corrected chi connectivity index (χ4v) is 3.89. The molecule has 2 rings (SSSR count). The molecule has 1 saturated heterocycles. The third kappa shape index (κ3) is 3.56. The first-order valence-corrected chi connectivity index (χ1v) is 8.15. The molecule has 0 spiro atoms. The van der Waals surface area contributed by atoms with Crippen LogP contribution in [0, 0.1) is 5.92 Å². The fraction of sp³-hybridized carbons (Fsp3) is 0.667. The number of rotatable bonds is 4. The van der Waals surface area contributed by atoms with Crippen LogP contribution >= 0.6 is 0 Å². The normalized spacial score (nSPS) is 21.7. The molecule has 0 radical (unpaired) electrons. The number of sulfone groups is 1. The summed E-state index contributed by atoms with van der Waals surface area (Å²) < 4.78 is 27.5. The van der Waals surface area contributed by atoms with Crippen molar-refractivity contribution in [2.45, 2.75) is 26.2 Å². The fourth-order valence-electron chi connectivity index (χ4n) is 2.03. The van der Waals surface area contributed by atoms with Crippen LogP contribution in [0.3, 0.4) is 0 Å². The van der Waals surface area contributed by atoms with E-state index in [2.05, 4.69) is 10.5 Å². The maximum atomic E-state index is 11.8. The van der Waals surface area contributed by atoms with E-state index in [4.69, 9.17) is 4.52 Å². The SMILES string of the molecule is CC(C)c1cc(C(=O)NC[C@H]2CCS(=O)(=O)C2)on1. The average molecular weight is 286 g/mol. The minimum absolute atomic E-state index is 0.00133. The lowest BCUT2D eigenvalue weighted by Crippen LogP contribution is -2.29. The molecular weight excluding hydrogens is 268 g/mol. The van der Waals surface area contributed by atoms with Crippen LogP contribution in [-0.4, -0.2) is 37.5 Å². The number of aromatic nitrogens is 1. The van der Waals surface area contributed by atoms with Crippen LogP contribution in [-0.2, 0) is 9.84 Å². The van der Waals surface area contributed by atoms with Crippen LogP contribution in [0.2, 0.25) is 0 Å². The van der Waals surface area contributed by atoms with E-state index in [1.807, 2.05) is 13.8 Å². The summed E-state index contributed by atoms with van der Waals surface area (Å²) in [5.41, 5.74) is 0.730. The van der Waals surface area contributed by atoms with Crippen molar-refractivity contribution in [2.24, 2.45) is 5.92 Å². The highest BCUT2D eigenvalue weighted by atomic mass is 32.2. The van der Waals surface area contributed by atoms with Crippen molar-refractivity contribution in [2.75, 3.05) is 18.1 Å². The van der Waals surface area contributed by atoms with Gasteiger partial charge in [0.15, 0.2) is 9.84 Å². The van der Waals surface area contributed by atoms with E-state index in [1.165, 1.54) is 0 Å². The maximum absolute atomic E-state index is 11.8. The summed E-state index contributed by atoms with van der Waals surface area (Å²) in [7, 11) is -2.90. The van der Waals surface area contributed by atoms with E-state index in [9.17, 15) is 13.2 Å². The van der Waals surface area contributed by atoms with Gasteiger partial charge < -0.3 is 9.84 Å². The number of hydrogen-bond donors (Lipinski definition) is 1. The number of nitrogens with one attached hydrogen (secondary N) is 1. The predicted octanol–water partition coefficient (Wildman–Crippen LogP) is 0.963. The first-order valence-electron chi connectivity index (χ1n) is 6.32. The molecule has 1 fully saturated rings. The van der Waals surface area contributed by atoms with E-state index in [-0.39, 0.29) is 35.0 Å². The molecule has 106 valence electrons. The highest BCUT2D eigenvalue weighted by Crippen LogP contribution is 2.18. The van der Waals surface area contributed by atoms with Gasteiger partial charge in [0.1, 0.15) is 0 Å². The third-order valence-electron chi connectivity index (χ3n) is 3.22. The molecular formula is C12H18N2O4S. The summed E-state index contributed by atoms with van der Waals surface area (Å²) in [6, 6.07) is 1.62. The Labute approximate surface area is 112 Å². The summed E-state index contributed by atoms with van der Waals surface area (Å²) in [6.07, 6.45) is 0.607. The smallest absolute Gasteiger partial charge is 0.289 e. The van der Waals surface area contributed by atoms with Crippen molar-refractivity contribution in [3.8, 4) is 0 Å². The van der Waals surface area contributed by atoms with Crippen molar-refractivity contribution in [3.63, 3.8) is 0 Å². The van der Waals surface area contributed by atoms with Crippen LogP contribution in [0.15, 0.2) is 10.6 Å². The van der Waals surface area contributed by atoms with E-state index in [0.29, 0.717) is 13.0 Å². The summed E-state index contributed by atoms with van der Waals surface area (Å²) >= 11 is 0. The first-order chi connectivity index (χ1) is 8.87. The molecule has 1 aromatic rings. The molecule has 1 aliphatic heterocycles. The van der Waals surface area contributed by atoms with Gasteiger partial charge in [-0.1, -0.05) is 19.0 Å². The highest BCUT2D eigenvalue weighted by Gasteiger charge is 2.28. The van der Waals surface area contributed by atoms with Gasteiger partial charge in [-0.3, -0.25) is 4.79 Å². The van der Waals surface area contributed by atoms with Gasteiger partial charge in [-0.15, -0.1) is 0 Å². The van der Waals surface area contributed by atoms with Crippen molar-refractivity contribution >= 4 is 15.7 Å². The third-order valence-corrected chi connectivity index (χ3v) is 5.06. The largest absolute Gasteiger partial charge is 0.351 e. The zero-order chi connectivity index (χ0) is 14.0. The van der Waals surface area contributed by atoms with E-state index >= 15 is 0 Å². The van der Waals surface area contributed by atoms with E-state index in [1.54, 1.807) is 6.07 Å². The Morgan fingerprint density at radius 3 is 2.84 bits per heavy atom. The predicted molar refractivity (Wildman–Crippen MR) is 69.7 cm³/mol. The zero-order valence-corrected chi connectivity index (χ0v) is 11.9. The van der Waals surface area contributed by atoms with Crippen molar-refractivity contribution in [1.29, 1.82) is 0 Å². The van der Waals surface area contributed by atoms with Gasteiger partial charge in [-0.25, -0.2) is 8.42 Å². The van der Waals surface area contributed by atoms with Gasteiger partial charge in [0.25, 0.3) is 5.91 Å². The van der Waals surface area contributed by atoms with Gasteiger partial charge >= 0.3 is 0 Å². The highest BCUT2D eigenvalue weighted by molar-refractivity contribution is 7.91. The molecule has 1 aliphatic rings. The van der Waals surface area contributed by atoms with Crippen LogP contribution < -0.4 is 5.32 Å². The molecule has 1 aromatic heterocycles. The molecule has 2 heterocycles. The van der Waals surface area contributed by atoms with E-state index < -0.39 is 9.84 Å². The summed E-state index contributed by atoms with van der Waals surface area (Å²) in [5, 5.41) is 6.50. The Morgan fingerprint density at radius 2 is 2.32 bits per heavy atom. The molecule has 0 saturated carbocycles. The van der Waals surface area contributed by atoms with Crippen LogP contribution in [0.5, 0.6) is 0 Å². The van der Waals surface area contributed by atoms with Gasteiger partial charge in [-0.05, 0) is 18.3 Å². The van der Waals surface area contributed by atoms with Gasteiger partial charge in [0, 0.05) is 12.6 Å². The first kappa shape index (κ1) is 14.0. The van der Waals surface area contributed by atoms with Gasteiger partial charge in [0.05, 0.1) is 17.2 Å². The van der Waals surface area contributed by atoms with Crippen LogP contribution in [0.1, 0.15) is 42.4 Å². The maximum Gasteiger partial charge on any atom is 0.289 e. The van der Waals surface area contributed by atoms with Crippen molar-refractivity contribution < 1.29 is 17.7 Å². The standard InChI is InChI=1S/C12H18N2O4S/c1-8(2)10-5-11(18-14-10)12(15)13-6-9-3-4-19(16,17)7-9/h5,8-9H,3-4,6-7H2,1-2H3,(H,13,15)/t9-/m1/s1. The summed E-state index contributed by atoms with van der Waals surface area (Å²) in [5.74, 6) is 0.397. The second-order valence-electron chi connectivity index (χ2n) is 5.25. The Morgan fingerprint density at radius 1 is 1.58 bits per heavy atom. The van der Waals surface area contributed by atoms with Gasteiger partial charge in [-0.2, -0.15) is 0 Å². The summed E-state index contributed by atoms with van der Waals surface area (Å²) in [4.78, 5) is 11.8. The Hall–Kier alpha value is -1.37. The zero-order valence-electron chi connectivity index (χ0n) is 11.0. The molecule has 0 aliphatic carbocycles. The second kappa shape index (κ2) is 5.32. The van der Waals surface area contributed by atoms with Crippen molar-refractivity contribution in [1.82, 2.24) is 10.5 Å². The minimum atomic E-state index is -2.90. The lowest BCUT2D eigenvalue weighted by Gasteiger charge is -2.07. The molecule has 19 heavy (non-hydrogen) atoms. The monoisotopic (exact) mass is 286 g/mol. The number of carbonyl (C=O) groups excluding carboxylic acids is 1.